The Hall–Kier alpha value is -3.20. The maximum Gasteiger partial charge on any atom is 0.417 e. The Bertz CT molecular complexity index is 1340. The van der Waals surface area contributed by atoms with E-state index in [2.05, 4.69) is 17.1 Å². The van der Waals surface area contributed by atoms with E-state index in [1.165, 1.54) is 6.07 Å². The number of thiocarbonyl (C=S) groups is 1. The second-order valence-electron chi connectivity index (χ2n) is 11.0. The molecule has 2 saturated heterocycles. The first kappa shape index (κ1) is 29.8. The number of benzene rings is 2. The van der Waals surface area contributed by atoms with E-state index in [4.69, 9.17) is 22.2 Å². The van der Waals surface area contributed by atoms with Crippen molar-refractivity contribution in [3.63, 3.8) is 0 Å². The quantitative estimate of drug-likeness (QED) is 0.452. The summed E-state index contributed by atoms with van der Waals surface area (Å²) in [6.07, 6.45) is -4.76. The molecule has 0 radical (unpaired) electrons. The van der Waals surface area contributed by atoms with Crippen LogP contribution in [0.25, 0.3) is 0 Å². The summed E-state index contributed by atoms with van der Waals surface area (Å²) in [7, 11) is 0. The lowest BCUT2D eigenvalue weighted by Gasteiger charge is -2.32. The normalized spacial score (nSPS) is 19.9. The van der Waals surface area contributed by atoms with Crippen molar-refractivity contribution < 1.29 is 22.7 Å². The van der Waals surface area contributed by atoms with Crippen LogP contribution in [0.1, 0.15) is 57.2 Å². The molecule has 2 heterocycles. The zero-order valence-electron chi connectivity index (χ0n) is 23.3. The van der Waals surface area contributed by atoms with Crippen molar-refractivity contribution in [3.05, 3.63) is 53.1 Å². The lowest BCUT2D eigenvalue weighted by Crippen LogP contribution is -2.50. The van der Waals surface area contributed by atoms with Gasteiger partial charge in [0.25, 0.3) is 5.91 Å². The maximum atomic E-state index is 13.6. The summed E-state index contributed by atoms with van der Waals surface area (Å²) in [5.41, 5.74) is -1.26. The molecule has 214 valence electrons. The van der Waals surface area contributed by atoms with Crippen LogP contribution in [-0.2, 0) is 11.0 Å². The van der Waals surface area contributed by atoms with Crippen molar-refractivity contribution in [2.45, 2.75) is 58.3 Å². The molecule has 2 aromatic carbocycles. The van der Waals surface area contributed by atoms with Gasteiger partial charge in [-0.1, -0.05) is 13.8 Å². The van der Waals surface area contributed by atoms with Gasteiger partial charge in [-0.25, -0.2) is 0 Å². The number of carbonyl (C=O) groups excluding carboxylic acids is 1. The summed E-state index contributed by atoms with van der Waals surface area (Å²) in [5, 5.41) is 12.6. The van der Waals surface area contributed by atoms with Crippen LogP contribution in [0.15, 0.2) is 36.4 Å². The highest BCUT2D eigenvalue weighted by Gasteiger charge is 2.51. The number of nitriles is 1. The molecular weight excluding hydrogens is 539 g/mol. The molecular formula is C29H34F3N5O2S. The molecule has 7 nitrogen and oxygen atoms in total. The van der Waals surface area contributed by atoms with Gasteiger partial charge in [-0.15, -0.1) is 0 Å². The number of piperazine rings is 1. The summed E-state index contributed by atoms with van der Waals surface area (Å²) in [6.45, 7) is 13.9. The van der Waals surface area contributed by atoms with E-state index in [9.17, 15) is 18.0 Å². The molecule has 1 atom stereocenters. The summed E-state index contributed by atoms with van der Waals surface area (Å²) in [4.78, 5) is 18.7. The zero-order chi connectivity index (χ0) is 29.4. The molecule has 40 heavy (non-hydrogen) atoms. The second-order valence-corrected chi connectivity index (χ2v) is 11.4. The molecule has 2 aromatic rings. The van der Waals surface area contributed by atoms with Crippen molar-refractivity contribution >= 4 is 34.6 Å². The number of hydrogen-bond donors (Lipinski definition) is 1. The van der Waals surface area contributed by atoms with E-state index in [0.717, 1.165) is 54.5 Å². The van der Waals surface area contributed by atoms with Gasteiger partial charge in [-0.2, -0.15) is 18.4 Å². The highest BCUT2D eigenvalue weighted by Crippen LogP contribution is 2.41. The van der Waals surface area contributed by atoms with Gasteiger partial charge < -0.3 is 15.0 Å². The summed E-state index contributed by atoms with van der Waals surface area (Å²) >= 11 is 5.69. The third kappa shape index (κ3) is 5.80. The number of alkyl halides is 3. The fraction of sp³-hybridized carbons (Fsp3) is 0.483. The smallest absolute Gasteiger partial charge is 0.417 e. The summed E-state index contributed by atoms with van der Waals surface area (Å²) < 4.78 is 47.1. The second kappa shape index (κ2) is 11.4. The number of halogens is 3. The Labute approximate surface area is 238 Å². The number of nitrogens with zero attached hydrogens (tertiary/aromatic N) is 4. The van der Waals surface area contributed by atoms with Gasteiger partial charge in [0.05, 0.1) is 22.9 Å². The van der Waals surface area contributed by atoms with E-state index in [1.807, 2.05) is 32.0 Å². The lowest BCUT2D eigenvalue weighted by atomic mass is 9.98. The number of carbonyl (C=O) groups is 1. The first-order valence-electron chi connectivity index (χ1n) is 13.3. The Morgan fingerprint density at radius 1 is 1.20 bits per heavy atom. The Morgan fingerprint density at radius 3 is 2.52 bits per heavy atom. The third-order valence-electron chi connectivity index (χ3n) is 7.35. The number of hydrogen-bond acceptors (Lipinski definition) is 6. The van der Waals surface area contributed by atoms with Crippen LogP contribution in [0, 0.1) is 11.3 Å². The van der Waals surface area contributed by atoms with Gasteiger partial charge in [-0.3, -0.25) is 14.6 Å². The predicted octanol–water partition coefficient (Wildman–Crippen LogP) is 5.29. The number of amides is 1. The molecule has 0 aromatic heterocycles. The molecule has 1 N–H and O–H groups in total. The Balaban J connectivity index is 1.61. The molecule has 0 aliphatic carbocycles. The van der Waals surface area contributed by atoms with Crippen LogP contribution in [-0.4, -0.2) is 60.3 Å². The molecule has 0 bridgehead atoms. The number of ether oxygens (including phenoxy) is 1. The summed E-state index contributed by atoms with van der Waals surface area (Å²) in [5.74, 6) is 0.384. The standard InChI is InChI=1S/C29H34F3N5O2S/c1-18(2)23-14-22(8-9-25(23)39-13-12-35-11-10-34-19(3)17-35)37-27(40)36(26(38)28(37,4)5)21-7-6-20(16-33)24(15-21)29(30,31)32/h6-9,14-15,18-19,34H,10-13,17H2,1-5H3/t19-/m1/s1. The van der Waals surface area contributed by atoms with Crippen LogP contribution in [0.4, 0.5) is 24.5 Å². The molecule has 1 amide bonds. The van der Waals surface area contributed by atoms with Gasteiger partial charge in [0.2, 0.25) is 0 Å². The first-order valence-corrected chi connectivity index (χ1v) is 13.7. The van der Waals surface area contributed by atoms with Crippen LogP contribution in [0.2, 0.25) is 0 Å². The number of rotatable bonds is 7. The van der Waals surface area contributed by atoms with E-state index < -0.39 is 28.7 Å². The molecule has 0 unspecified atom stereocenters. The maximum absolute atomic E-state index is 13.6. The lowest BCUT2D eigenvalue weighted by molar-refractivity contribution is -0.137. The summed E-state index contributed by atoms with van der Waals surface area (Å²) in [6, 6.07) is 10.8. The minimum atomic E-state index is -4.76. The van der Waals surface area contributed by atoms with Gasteiger partial charge in [-0.05, 0) is 80.9 Å². The number of nitrogens with one attached hydrogen (secondary N) is 1. The SMILES string of the molecule is CC(C)c1cc(N2C(=S)N(c3ccc(C#N)c(C(F)(F)F)c3)C(=O)C2(C)C)ccc1OCCN1CCN[C@H](C)C1. The fourth-order valence-corrected chi connectivity index (χ4v) is 5.74. The van der Waals surface area contributed by atoms with Crippen molar-refractivity contribution in [2.24, 2.45) is 0 Å². The highest BCUT2D eigenvalue weighted by atomic mass is 32.1. The van der Waals surface area contributed by atoms with E-state index >= 15 is 0 Å². The fourth-order valence-electron chi connectivity index (χ4n) is 5.22. The average Bonchev–Trinajstić information content (AvgIpc) is 3.06. The predicted molar refractivity (Wildman–Crippen MR) is 153 cm³/mol. The van der Waals surface area contributed by atoms with E-state index in [0.29, 0.717) is 18.3 Å². The van der Waals surface area contributed by atoms with Gasteiger partial charge in [0.15, 0.2) is 5.11 Å². The highest BCUT2D eigenvalue weighted by molar-refractivity contribution is 7.81. The largest absolute Gasteiger partial charge is 0.492 e. The molecule has 2 fully saturated rings. The van der Waals surface area contributed by atoms with Crippen molar-refractivity contribution in [2.75, 3.05) is 42.6 Å². The van der Waals surface area contributed by atoms with Crippen LogP contribution >= 0.6 is 12.2 Å². The molecule has 2 aliphatic rings. The molecule has 2 aliphatic heterocycles. The average molecular weight is 574 g/mol. The third-order valence-corrected chi connectivity index (χ3v) is 7.71. The number of anilines is 2. The van der Waals surface area contributed by atoms with Crippen LogP contribution < -0.4 is 19.9 Å². The Morgan fingerprint density at radius 2 is 1.90 bits per heavy atom. The van der Waals surface area contributed by atoms with Gasteiger partial charge >= 0.3 is 6.18 Å². The van der Waals surface area contributed by atoms with E-state index in [-0.39, 0.29) is 16.7 Å². The molecule has 11 heteroatoms. The monoisotopic (exact) mass is 573 g/mol. The Kier molecular flexibility index (Phi) is 8.45. The first-order chi connectivity index (χ1) is 18.8. The minimum absolute atomic E-state index is 0.0387. The van der Waals surface area contributed by atoms with Crippen LogP contribution in [0.5, 0.6) is 5.75 Å². The molecule has 0 spiro atoms. The van der Waals surface area contributed by atoms with Gasteiger partial charge in [0.1, 0.15) is 17.9 Å². The minimum Gasteiger partial charge on any atom is -0.492 e. The van der Waals surface area contributed by atoms with Crippen LogP contribution in [0.3, 0.4) is 0 Å². The van der Waals surface area contributed by atoms with Gasteiger partial charge in [0, 0.05) is 37.9 Å². The van der Waals surface area contributed by atoms with Crippen molar-refractivity contribution in [1.29, 1.82) is 5.26 Å². The zero-order valence-corrected chi connectivity index (χ0v) is 24.1. The van der Waals surface area contributed by atoms with E-state index in [1.54, 1.807) is 24.8 Å². The van der Waals surface area contributed by atoms with Crippen molar-refractivity contribution in [1.82, 2.24) is 10.2 Å². The molecule has 0 saturated carbocycles. The van der Waals surface area contributed by atoms with Crippen molar-refractivity contribution in [3.8, 4) is 11.8 Å². The topological polar surface area (TPSA) is 71.8 Å². The molecule has 4 rings (SSSR count).